The molecule has 1 aliphatic heterocycles. The zero-order valence-corrected chi connectivity index (χ0v) is 20.5. The van der Waals surface area contributed by atoms with Gasteiger partial charge in [0.15, 0.2) is 5.76 Å². The Bertz CT molecular complexity index is 1280. The summed E-state index contributed by atoms with van der Waals surface area (Å²) in [6.45, 7) is 7.04. The third-order valence-corrected chi connectivity index (χ3v) is 6.14. The zero-order chi connectivity index (χ0) is 25.1. The second-order valence-corrected chi connectivity index (χ2v) is 9.06. The van der Waals surface area contributed by atoms with E-state index in [4.69, 9.17) is 9.47 Å². The van der Waals surface area contributed by atoms with E-state index in [2.05, 4.69) is 18.8 Å². The van der Waals surface area contributed by atoms with Crippen molar-refractivity contribution in [3.8, 4) is 5.75 Å². The third kappa shape index (κ3) is 4.79. The molecule has 1 amide bonds. The van der Waals surface area contributed by atoms with Gasteiger partial charge in [0, 0.05) is 19.9 Å². The maximum atomic E-state index is 13.3. The number of benzene rings is 1. The van der Waals surface area contributed by atoms with Gasteiger partial charge in [0.2, 0.25) is 0 Å². The summed E-state index contributed by atoms with van der Waals surface area (Å²) in [6.07, 6.45) is 2.67. The molecule has 0 spiro atoms. The number of pyridine rings is 1. The number of aryl methyl sites for hydroxylation is 1. The number of aliphatic hydroxyl groups is 1. The average molecular weight is 478 g/mol. The molecule has 2 aromatic heterocycles. The van der Waals surface area contributed by atoms with E-state index in [9.17, 15) is 14.7 Å². The Morgan fingerprint density at radius 1 is 1.14 bits per heavy atom. The molecule has 184 valence electrons. The Morgan fingerprint density at radius 2 is 1.94 bits per heavy atom. The summed E-state index contributed by atoms with van der Waals surface area (Å²) >= 11 is 0. The van der Waals surface area contributed by atoms with Gasteiger partial charge in [0.1, 0.15) is 17.1 Å². The van der Waals surface area contributed by atoms with Crippen LogP contribution in [0.4, 0.5) is 0 Å². The summed E-state index contributed by atoms with van der Waals surface area (Å²) in [5, 5.41) is 11.5. The molecule has 35 heavy (non-hydrogen) atoms. The lowest BCUT2D eigenvalue weighted by Gasteiger charge is -2.25. The van der Waals surface area contributed by atoms with Gasteiger partial charge in [-0.25, -0.2) is 4.98 Å². The highest BCUT2D eigenvalue weighted by Gasteiger charge is 2.46. The summed E-state index contributed by atoms with van der Waals surface area (Å²) in [6, 6.07) is 12.0. The number of ketones is 1. The highest BCUT2D eigenvalue weighted by Crippen LogP contribution is 2.40. The van der Waals surface area contributed by atoms with Gasteiger partial charge in [-0.3, -0.25) is 14.0 Å². The fourth-order valence-corrected chi connectivity index (χ4v) is 4.36. The maximum absolute atomic E-state index is 13.3. The first-order valence-corrected chi connectivity index (χ1v) is 11.8. The van der Waals surface area contributed by atoms with Gasteiger partial charge in [0.05, 0.1) is 30.5 Å². The van der Waals surface area contributed by atoms with Crippen molar-refractivity contribution in [1.29, 1.82) is 0 Å². The van der Waals surface area contributed by atoms with Crippen molar-refractivity contribution in [2.24, 2.45) is 5.92 Å². The summed E-state index contributed by atoms with van der Waals surface area (Å²) in [5.41, 5.74) is 2.29. The van der Waals surface area contributed by atoms with E-state index in [1.807, 2.05) is 42.5 Å². The zero-order valence-electron chi connectivity index (χ0n) is 20.5. The minimum Gasteiger partial charge on any atom is -0.505 e. The number of carbonyl (C=O) groups is 2. The van der Waals surface area contributed by atoms with E-state index >= 15 is 0 Å². The summed E-state index contributed by atoms with van der Waals surface area (Å²) in [5.74, 6) is -0.513. The number of fused-ring (bicyclic) bond motifs is 1. The summed E-state index contributed by atoms with van der Waals surface area (Å²) in [4.78, 5) is 32.3. The molecule has 0 aliphatic carbocycles. The standard InChI is InChI=1S/C27H31N3O5/c1-17(2)11-14-35-20-9-7-8-19(16-20)24-22(26(32)27(33)30(24)13-15-34-4)25(31)23-18(3)28-21-10-5-6-12-29(21)23/h5-10,12,16-17,24,31H,11,13-15H2,1-4H3. The quantitative estimate of drug-likeness (QED) is 0.283. The van der Waals surface area contributed by atoms with Crippen LogP contribution in [-0.2, 0) is 14.3 Å². The van der Waals surface area contributed by atoms with Crippen LogP contribution in [-0.4, -0.2) is 57.9 Å². The number of aliphatic hydroxyl groups excluding tert-OH is 1. The molecular weight excluding hydrogens is 446 g/mol. The fraction of sp³-hybridized carbons (Fsp3) is 0.370. The van der Waals surface area contributed by atoms with Gasteiger partial charge in [-0.2, -0.15) is 0 Å². The molecule has 1 unspecified atom stereocenters. The second kappa shape index (κ2) is 10.3. The lowest BCUT2D eigenvalue weighted by Crippen LogP contribution is -2.32. The van der Waals surface area contributed by atoms with Gasteiger partial charge < -0.3 is 19.5 Å². The van der Waals surface area contributed by atoms with Crippen LogP contribution in [0.5, 0.6) is 5.75 Å². The molecule has 1 aliphatic rings. The summed E-state index contributed by atoms with van der Waals surface area (Å²) in [7, 11) is 1.54. The normalized spacial score (nSPS) is 17.6. The Kier molecular flexibility index (Phi) is 7.21. The van der Waals surface area contributed by atoms with E-state index in [1.54, 1.807) is 17.5 Å². The van der Waals surface area contributed by atoms with Crippen molar-refractivity contribution in [2.75, 3.05) is 26.9 Å². The van der Waals surface area contributed by atoms with Crippen molar-refractivity contribution in [3.63, 3.8) is 0 Å². The number of likely N-dealkylation sites (tertiary alicyclic amines) is 1. The molecule has 3 aromatic rings. The van der Waals surface area contributed by atoms with Crippen LogP contribution in [0.15, 0.2) is 54.2 Å². The first kappa shape index (κ1) is 24.5. The number of carbonyl (C=O) groups excluding carboxylic acids is 2. The first-order valence-electron chi connectivity index (χ1n) is 11.8. The SMILES string of the molecule is COCCN1C(=O)C(=O)C(=C(O)c2c(C)nc3ccccn23)C1c1cccc(OCCC(C)C)c1. The van der Waals surface area contributed by atoms with Crippen LogP contribution in [0.2, 0.25) is 0 Å². The topological polar surface area (TPSA) is 93.4 Å². The van der Waals surface area contributed by atoms with Gasteiger partial charge in [0.25, 0.3) is 11.7 Å². The number of imidazole rings is 1. The number of methoxy groups -OCH3 is 1. The highest BCUT2D eigenvalue weighted by atomic mass is 16.5. The monoisotopic (exact) mass is 477 g/mol. The number of aromatic nitrogens is 2. The van der Waals surface area contributed by atoms with Crippen LogP contribution in [0, 0.1) is 12.8 Å². The number of hydrogen-bond acceptors (Lipinski definition) is 6. The van der Waals surface area contributed by atoms with Crippen LogP contribution >= 0.6 is 0 Å². The average Bonchev–Trinajstić information content (AvgIpc) is 3.30. The van der Waals surface area contributed by atoms with Crippen molar-refractivity contribution >= 4 is 23.1 Å². The van der Waals surface area contributed by atoms with Gasteiger partial charge in [-0.15, -0.1) is 0 Å². The van der Waals surface area contributed by atoms with Crippen LogP contribution < -0.4 is 4.74 Å². The minimum absolute atomic E-state index is 0.0270. The van der Waals surface area contributed by atoms with Crippen molar-refractivity contribution in [3.05, 3.63) is 71.2 Å². The number of amides is 1. The Morgan fingerprint density at radius 3 is 2.69 bits per heavy atom. The largest absolute Gasteiger partial charge is 0.505 e. The van der Waals surface area contributed by atoms with E-state index in [0.717, 1.165) is 6.42 Å². The van der Waals surface area contributed by atoms with E-state index in [0.29, 0.717) is 40.9 Å². The van der Waals surface area contributed by atoms with E-state index < -0.39 is 17.7 Å². The number of hydrogen-bond donors (Lipinski definition) is 1. The number of nitrogens with zero attached hydrogens (tertiary/aromatic N) is 3. The molecule has 1 atom stereocenters. The second-order valence-electron chi connectivity index (χ2n) is 9.06. The van der Waals surface area contributed by atoms with Gasteiger partial charge in [-0.1, -0.05) is 32.0 Å². The lowest BCUT2D eigenvalue weighted by molar-refractivity contribution is -0.140. The number of ether oxygens (including phenoxy) is 2. The molecular formula is C27H31N3O5. The lowest BCUT2D eigenvalue weighted by atomic mass is 9.96. The van der Waals surface area contributed by atoms with Crippen molar-refractivity contribution < 1.29 is 24.2 Å². The highest BCUT2D eigenvalue weighted by molar-refractivity contribution is 6.46. The van der Waals surface area contributed by atoms with Gasteiger partial charge in [-0.05, 0) is 49.1 Å². The maximum Gasteiger partial charge on any atom is 0.295 e. The third-order valence-electron chi connectivity index (χ3n) is 6.14. The minimum atomic E-state index is -0.785. The molecule has 1 aromatic carbocycles. The molecule has 0 saturated carbocycles. The molecule has 8 heteroatoms. The predicted octanol–water partition coefficient (Wildman–Crippen LogP) is 4.14. The van der Waals surface area contributed by atoms with Gasteiger partial charge >= 0.3 is 0 Å². The van der Waals surface area contributed by atoms with E-state index in [1.165, 1.54) is 12.0 Å². The Labute approximate surface area is 204 Å². The molecule has 1 saturated heterocycles. The van der Waals surface area contributed by atoms with Crippen LogP contribution in [0.1, 0.15) is 43.3 Å². The molecule has 8 nitrogen and oxygen atoms in total. The number of rotatable bonds is 9. The Hall–Kier alpha value is -3.65. The van der Waals surface area contributed by atoms with Crippen LogP contribution in [0.25, 0.3) is 11.4 Å². The van der Waals surface area contributed by atoms with E-state index in [-0.39, 0.29) is 24.5 Å². The fourth-order valence-electron chi connectivity index (χ4n) is 4.36. The molecule has 4 rings (SSSR count). The molecule has 0 bridgehead atoms. The van der Waals surface area contributed by atoms with Crippen molar-refractivity contribution in [2.45, 2.75) is 33.2 Å². The molecule has 0 radical (unpaired) electrons. The molecule has 1 N–H and O–H groups in total. The van der Waals surface area contributed by atoms with Crippen molar-refractivity contribution in [1.82, 2.24) is 14.3 Å². The predicted molar refractivity (Wildman–Crippen MR) is 132 cm³/mol. The first-order chi connectivity index (χ1) is 16.8. The molecule has 1 fully saturated rings. The smallest absolute Gasteiger partial charge is 0.295 e. The number of Topliss-reactive ketones (excluding diaryl/α,β-unsaturated/α-hetero) is 1. The van der Waals surface area contributed by atoms with Crippen LogP contribution in [0.3, 0.4) is 0 Å². The molecule has 3 heterocycles. The Balaban J connectivity index is 1.83. The summed E-state index contributed by atoms with van der Waals surface area (Å²) < 4.78 is 12.8.